The minimum absolute atomic E-state index is 0.0825. The molecule has 1 aromatic rings. The van der Waals surface area contributed by atoms with Gasteiger partial charge in [-0.05, 0) is 23.5 Å². The van der Waals surface area contributed by atoms with Crippen LogP contribution in [0.3, 0.4) is 0 Å². The Kier molecular flexibility index (Phi) is 3.89. The standard InChI is InChI=1S/C17H21BO/c1-17(2,3)13-9-12(10-14(18)11-13)15-7-5-6-8-16(15)19-4/h5-10,14H,11H2,1-4H3. The summed E-state index contributed by atoms with van der Waals surface area (Å²) >= 11 is 0. The number of hydrogen-bond donors (Lipinski definition) is 0. The fourth-order valence-electron chi connectivity index (χ4n) is 2.41. The molecule has 0 amide bonds. The molecule has 98 valence electrons. The maximum Gasteiger partial charge on any atom is 0.126 e. The maximum absolute atomic E-state index is 6.18. The van der Waals surface area contributed by atoms with E-state index in [1.54, 1.807) is 7.11 Å². The number of para-hydroxylation sites is 1. The van der Waals surface area contributed by atoms with E-state index in [9.17, 15) is 0 Å². The molecule has 2 rings (SSSR count). The smallest absolute Gasteiger partial charge is 0.126 e. The molecule has 1 unspecified atom stereocenters. The Balaban J connectivity index is 2.46. The Hall–Kier alpha value is -1.44. The Morgan fingerprint density at radius 2 is 1.89 bits per heavy atom. The fraction of sp³-hybridized carbons (Fsp3) is 0.412. The van der Waals surface area contributed by atoms with E-state index in [1.807, 2.05) is 18.2 Å². The topological polar surface area (TPSA) is 9.23 Å². The van der Waals surface area contributed by atoms with Crippen LogP contribution in [-0.2, 0) is 0 Å². The van der Waals surface area contributed by atoms with Crippen molar-refractivity contribution in [2.45, 2.75) is 33.0 Å². The van der Waals surface area contributed by atoms with Crippen LogP contribution in [0.1, 0.15) is 32.8 Å². The average molecular weight is 252 g/mol. The second kappa shape index (κ2) is 5.28. The van der Waals surface area contributed by atoms with Crippen molar-refractivity contribution in [3.63, 3.8) is 0 Å². The van der Waals surface area contributed by atoms with Gasteiger partial charge in [-0.1, -0.05) is 62.5 Å². The minimum Gasteiger partial charge on any atom is -0.496 e. The predicted molar refractivity (Wildman–Crippen MR) is 82.6 cm³/mol. The Bertz CT molecular complexity index is 520. The largest absolute Gasteiger partial charge is 0.496 e. The lowest BCUT2D eigenvalue weighted by atomic mass is 9.70. The molecular weight excluding hydrogens is 231 g/mol. The first-order valence-electron chi connectivity index (χ1n) is 6.73. The normalized spacial score (nSPS) is 19.7. The van der Waals surface area contributed by atoms with Gasteiger partial charge in [-0.15, -0.1) is 0 Å². The summed E-state index contributed by atoms with van der Waals surface area (Å²) in [7, 11) is 7.89. The molecule has 0 bridgehead atoms. The molecule has 1 nitrogen and oxygen atoms in total. The van der Waals surface area contributed by atoms with Crippen LogP contribution in [0, 0.1) is 5.41 Å². The third kappa shape index (κ3) is 3.12. The van der Waals surface area contributed by atoms with E-state index in [2.05, 4.69) is 39.0 Å². The summed E-state index contributed by atoms with van der Waals surface area (Å²) in [6.45, 7) is 6.70. The van der Waals surface area contributed by atoms with Gasteiger partial charge in [0.1, 0.15) is 5.75 Å². The summed E-state index contributed by atoms with van der Waals surface area (Å²) in [6.07, 6.45) is 5.33. The summed E-state index contributed by atoms with van der Waals surface area (Å²) < 4.78 is 5.44. The molecule has 0 heterocycles. The lowest BCUT2D eigenvalue weighted by molar-refractivity contribution is 0.413. The van der Waals surface area contributed by atoms with Crippen molar-refractivity contribution in [1.29, 1.82) is 0 Å². The lowest BCUT2D eigenvalue weighted by Gasteiger charge is -2.29. The third-order valence-corrected chi connectivity index (χ3v) is 3.56. The van der Waals surface area contributed by atoms with Gasteiger partial charge in [-0.25, -0.2) is 0 Å². The monoisotopic (exact) mass is 252 g/mol. The van der Waals surface area contributed by atoms with Gasteiger partial charge in [0.2, 0.25) is 0 Å². The predicted octanol–water partition coefficient (Wildman–Crippen LogP) is 4.41. The van der Waals surface area contributed by atoms with Crippen molar-refractivity contribution in [3.05, 3.63) is 47.6 Å². The minimum atomic E-state index is 0.0825. The molecular formula is C17H21BO. The van der Waals surface area contributed by atoms with Gasteiger partial charge in [0.15, 0.2) is 0 Å². The van der Waals surface area contributed by atoms with Crippen molar-refractivity contribution in [2.75, 3.05) is 7.11 Å². The summed E-state index contributed by atoms with van der Waals surface area (Å²) in [4.78, 5) is 0. The Labute approximate surface area is 117 Å². The second-order valence-corrected chi connectivity index (χ2v) is 6.11. The molecule has 2 heteroatoms. The van der Waals surface area contributed by atoms with Gasteiger partial charge in [0.25, 0.3) is 0 Å². The van der Waals surface area contributed by atoms with Crippen LogP contribution < -0.4 is 4.74 Å². The maximum atomic E-state index is 6.18. The van der Waals surface area contributed by atoms with E-state index in [0.717, 1.165) is 17.7 Å². The summed E-state index contributed by atoms with van der Waals surface area (Å²) in [5, 5.41) is 0. The van der Waals surface area contributed by atoms with E-state index in [-0.39, 0.29) is 11.2 Å². The highest BCUT2D eigenvalue weighted by atomic mass is 16.5. The molecule has 0 aliphatic heterocycles. The number of rotatable bonds is 2. The van der Waals surface area contributed by atoms with Crippen molar-refractivity contribution >= 4 is 13.4 Å². The van der Waals surface area contributed by atoms with Crippen molar-refractivity contribution in [2.24, 2.45) is 5.41 Å². The summed E-state index contributed by atoms with van der Waals surface area (Å²) in [5.74, 6) is 0.978. The van der Waals surface area contributed by atoms with E-state index < -0.39 is 0 Å². The zero-order valence-electron chi connectivity index (χ0n) is 12.2. The van der Waals surface area contributed by atoms with Crippen LogP contribution in [0.4, 0.5) is 0 Å². The molecule has 0 saturated carbocycles. The molecule has 0 fully saturated rings. The van der Waals surface area contributed by atoms with Gasteiger partial charge < -0.3 is 4.74 Å². The van der Waals surface area contributed by atoms with Crippen molar-refractivity contribution in [1.82, 2.24) is 0 Å². The number of benzene rings is 1. The second-order valence-electron chi connectivity index (χ2n) is 6.11. The van der Waals surface area contributed by atoms with Crippen LogP contribution in [-0.4, -0.2) is 15.0 Å². The van der Waals surface area contributed by atoms with Gasteiger partial charge in [-0.2, -0.15) is 0 Å². The molecule has 1 aromatic carbocycles. The highest BCUT2D eigenvalue weighted by Crippen LogP contribution is 2.40. The molecule has 2 radical (unpaired) electrons. The van der Waals surface area contributed by atoms with Crippen LogP contribution in [0.25, 0.3) is 5.57 Å². The van der Waals surface area contributed by atoms with Crippen LogP contribution in [0.5, 0.6) is 5.75 Å². The molecule has 0 N–H and O–H groups in total. The van der Waals surface area contributed by atoms with Gasteiger partial charge in [0, 0.05) is 5.56 Å². The van der Waals surface area contributed by atoms with Crippen LogP contribution in [0.2, 0.25) is 5.82 Å². The SMILES string of the molecule is [B]C1C=C(c2ccccc2OC)C=C(C(C)(C)C)C1. The summed E-state index contributed by atoms with van der Waals surface area (Å²) in [5.41, 5.74) is 3.82. The van der Waals surface area contributed by atoms with Crippen LogP contribution in [0.15, 0.2) is 42.0 Å². The summed E-state index contributed by atoms with van der Waals surface area (Å²) in [6, 6.07) is 8.09. The van der Waals surface area contributed by atoms with E-state index in [4.69, 9.17) is 12.6 Å². The highest BCUT2D eigenvalue weighted by molar-refractivity contribution is 6.14. The van der Waals surface area contributed by atoms with E-state index in [0.29, 0.717) is 0 Å². The molecule has 1 aliphatic rings. The lowest BCUT2D eigenvalue weighted by Crippen LogP contribution is -2.14. The zero-order chi connectivity index (χ0) is 14.0. The first-order chi connectivity index (χ1) is 8.91. The zero-order valence-corrected chi connectivity index (χ0v) is 12.2. The molecule has 1 atom stereocenters. The number of allylic oxidation sites excluding steroid dienone is 4. The quantitative estimate of drug-likeness (QED) is 0.708. The highest BCUT2D eigenvalue weighted by Gasteiger charge is 2.23. The van der Waals surface area contributed by atoms with Crippen molar-refractivity contribution in [3.8, 4) is 5.75 Å². The first-order valence-corrected chi connectivity index (χ1v) is 6.73. The molecule has 1 aliphatic carbocycles. The fourth-order valence-corrected chi connectivity index (χ4v) is 2.41. The molecule has 0 spiro atoms. The number of ether oxygens (including phenoxy) is 1. The van der Waals surface area contributed by atoms with Crippen LogP contribution >= 0.6 is 0 Å². The number of methoxy groups -OCH3 is 1. The number of hydrogen-bond acceptors (Lipinski definition) is 1. The van der Waals surface area contributed by atoms with Gasteiger partial charge >= 0.3 is 0 Å². The molecule has 0 aromatic heterocycles. The van der Waals surface area contributed by atoms with Crippen molar-refractivity contribution < 1.29 is 4.74 Å². The van der Waals surface area contributed by atoms with Gasteiger partial charge in [0.05, 0.1) is 15.0 Å². The Morgan fingerprint density at radius 3 is 2.53 bits per heavy atom. The van der Waals surface area contributed by atoms with E-state index in [1.165, 1.54) is 11.1 Å². The molecule has 0 saturated heterocycles. The first kappa shape index (κ1) is 14.0. The van der Waals surface area contributed by atoms with E-state index >= 15 is 0 Å². The average Bonchev–Trinajstić information content (AvgIpc) is 2.37. The Morgan fingerprint density at radius 1 is 1.21 bits per heavy atom. The van der Waals surface area contributed by atoms with Gasteiger partial charge in [-0.3, -0.25) is 0 Å². The third-order valence-electron chi connectivity index (χ3n) is 3.56. The molecule has 19 heavy (non-hydrogen) atoms.